The fourth-order valence-corrected chi connectivity index (χ4v) is 6.34. The molecule has 0 N–H and O–H groups in total. The third-order valence-electron chi connectivity index (χ3n) is 7.22. The molecule has 149 valence electrons. The van der Waals surface area contributed by atoms with E-state index in [-0.39, 0.29) is 24.8 Å². The van der Waals surface area contributed by atoms with E-state index in [1.165, 1.54) is 44.1 Å². The Hall–Kier alpha value is -0.617. The van der Waals surface area contributed by atoms with Crippen LogP contribution < -0.4 is 24.8 Å². The van der Waals surface area contributed by atoms with Crippen LogP contribution >= 0.6 is 0 Å². The van der Waals surface area contributed by atoms with Crippen LogP contribution in [0.15, 0.2) is 60.2 Å². The van der Waals surface area contributed by atoms with Crippen LogP contribution in [-0.4, -0.2) is 0 Å². The summed E-state index contributed by atoms with van der Waals surface area (Å²) in [4.78, 5) is 0. The van der Waals surface area contributed by atoms with Crippen molar-refractivity contribution in [3.63, 3.8) is 0 Å². The summed E-state index contributed by atoms with van der Waals surface area (Å²) in [6.45, 7) is 2.41. The van der Waals surface area contributed by atoms with Gasteiger partial charge in [0.1, 0.15) is 0 Å². The third-order valence-corrected chi connectivity index (χ3v) is 9.20. The maximum atomic E-state index is 2.45. The Morgan fingerprint density at radius 2 is 1.69 bits per heavy atom. The van der Waals surface area contributed by atoms with Crippen molar-refractivity contribution < 1.29 is 49.5 Å². The van der Waals surface area contributed by atoms with Gasteiger partial charge in [-0.2, -0.15) is 0 Å². The van der Waals surface area contributed by atoms with Gasteiger partial charge in [0.15, 0.2) is 0 Å². The van der Waals surface area contributed by atoms with E-state index < -0.39 is 0 Å². The zero-order valence-electron chi connectivity index (χ0n) is 16.9. The van der Waals surface area contributed by atoms with E-state index in [2.05, 4.69) is 67.6 Å². The number of benzene rings is 2. The molecule has 0 nitrogen and oxygen atoms in total. The van der Waals surface area contributed by atoms with Crippen molar-refractivity contribution in [3.8, 4) is 0 Å². The number of rotatable bonds is 6. The van der Waals surface area contributed by atoms with E-state index in [4.69, 9.17) is 0 Å². The summed E-state index contributed by atoms with van der Waals surface area (Å²) >= 11 is 1.72. The molecule has 0 heterocycles. The largest absolute Gasteiger partial charge is 1.00 e. The molecule has 0 saturated carbocycles. The second-order valence-corrected chi connectivity index (χ2v) is 11.2. The maximum absolute atomic E-state index is 2.45. The monoisotopic (exact) mass is 499 g/mol. The molecule has 3 aliphatic carbocycles. The van der Waals surface area contributed by atoms with Crippen molar-refractivity contribution in [2.24, 2.45) is 0 Å². The first-order chi connectivity index (χ1) is 13.2. The van der Waals surface area contributed by atoms with Crippen LogP contribution in [0.1, 0.15) is 79.5 Å². The molecule has 3 heteroatoms. The molecule has 0 spiro atoms. The van der Waals surface area contributed by atoms with Crippen molar-refractivity contribution in [3.05, 3.63) is 82.4 Å². The first-order valence-corrected chi connectivity index (χ1v) is 11.7. The van der Waals surface area contributed by atoms with Gasteiger partial charge in [-0.3, -0.25) is 0 Å². The molecule has 29 heavy (non-hydrogen) atoms. The fourth-order valence-electron chi connectivity index (χ4n) is 5.45. The first-order valence-electron chi connectivity index (χ1n) is 10.5. The van der Waals surface area contributed by atoms with Gasteiger partial charge in [-0.15, -0.1) is 0 Å². The number of allylic oxidation sites excluding steroid dienone is 3. The minimum atomic E-state index is 0. The van der Waals surface area contributed by atoms with Gasteiger partial charge in [0.25, 0.3) is 0 Å². The number of hydrogen-bond donors (Lipinski definition) is 0. The van der Waals surface area contributed by atoms with Gasteiger partial charge in [0, 0.05) is 0 Å². The molecule has 2 aromatic carbocycles. The summed E-state index contributed by atoms with van der Waals surface area (Å²) in [5.74, 6) is 1.33. The van der Waals surface area contributed by atoms with Gasteiger partial charge < -0.3 is 24.8 Å². The Balaban J connectivity index is 0.00000120. The average molecular weight is 502 g/mol. The molecular weight excluding hydrogens is 474 g/mol. The predicted molar refractivity (Wildman–Crippen MR) is 110 cm³/mol. The zero-order valence-corrected chi connectivity index (χ0v) is 20.9. The average Bonchev–Trinajstić information content (AvgIpc) is 3.16. The molecule has 0 fully saturated rings. The first kappa shape index (κ1) is 23.1. The standard InChI is InChI=1S/C26H27.2ClH.Zr/c1-2-18(17-20-13-12-19-7-3-4-8-21(19)20)11-14-24-22-9-5-6-10-23(22)25-15-16-26(24)25;;;/h3-10,12-13,20,24H,2,11,14-17H2,1H3;2*1H;/q;;;+2/p-2. The van der Waals surface area contributed by atoms with E-state index >= 15 is 0 Å². The van der Waals surface area contributed by atoms with E-state index in [1.54, 1.807) is 52.6 Å². The molecule has 3 aliphatic rings. The van der Waals surface area contributed by atoms with Gasteiger partial charge in [-0.1, -0.05) is 0 Å². The molecule has 0 radical (unpaired) electrons. The molecule has 0 amide bonds. The predicted octanol–water partition coefficient (Wildman–Crippen LogP) is 1.44. The third kappa shape index (κ3) is 4.13. The van der Waals surface area contributed by atoms with E-state index in [0.717, 1.165) is 0 Å². The SMILES string of the molecule is CC[C]([Zr+2])(CCC1C2=C(CC2)c2ccccc21)CC1C=Cc2ccccc21.[Cl-].[Cl-]. The van der Waals surface area contributed by atoms with Crippen LogP contribution in [0, 0.1) is 0 Å². The van der Waals surface area contributed by atoms with Gasteiger partial charge in [0.2, 0.25) is 0 Å². The van der Waals surface area contributed by atoms with Crippen LogP contribution in [0.25, 0.3) is 11.6 Å². The van der Waals surface area contributed by atoms with Gasteiger partial charge in [-0.25, -0.2) is 0 Å². The molecule has 2 aromatic rings. The van der Waals surface area contributed by atoms with Crippen molar-refractivity contribution >= 4 is 11.6 Å². The van der Waals surface area contributed by atoms with Crippen molar-refractivity contribution in [2.75, 3.05) is 0 Å². The molecule has 0 aromatic heterocycles. The fraction of sp³-hybridized carbons (Fsp3) is 0.385. The quantitative estimate of drug-likeness (QED) is 0.562. The van der Waals surface area contributed by atoms with Crippen LogP contribution in [0.2, 0.25) is 3.12 Å². The van der Waals surface area contributed by atoms with Crippen LogP contribution in [0.5, 0.6) is 0 Å². The van der Waals surface area contributed by atoms with E-state index in [9.17, 15) is 0 Å². The maximum Gasteiger partial charge on any atom is -1.00 e. The van der Waals surface area contributed by atoms with E-state index in [1.807, 2.05) is 0 Å². The van der Waals surface area contributed by atoms with Gasteiger partial charge in [-0.05, 0) is 0 Å². The Morgan fingerprint density at radius 1 is 0.966 bits per heavy atom. The second-order valence-electron chi connectivity index (χ2n) is 8.61. The number of hydrogen-bond acceptors (Lipinski definition) is 0. The minimum Gasteiger partial charge on any atom is -1.00 e. The summed E-state index contributed by atoms with van der Waals surface area (Å²) < 4.78 is 0.501. The minimum absolute atomic E-state index is 0. The van der Waals surface area contributed by atoms with Crippen molar-refractivity contribution in [1.82, 2.24) is 0 Å². The Morgan fingerprint density at radius 3 is 2.41 bits per heavy atom. The summed E-state index contributed by atoms with van der Waals surface area (Å²) in [6, 6.07) is 18.2. The molecule has 5 rings (SSSR count). The van der Waals surface area contributed by atoms with Crippen molar-refractivity contribution in [1.29, 1.82) is 0 Å². The second kappa shape index (κ2) is 9.25. The summed E-state index contributed by atoms with van der Waals surface area (Å²) in [7, 11) is 0. The molecular formula is C26H27Cl2Zr. The normalized spacial score (nSPS) is 22.6. The molecule has 0 aliphatic heterocycles. The Bertz CT molecular complexity index is 945. The Kier molecular flexibility index (Phi) is 7.36. The summed E-state index contributed by atoms with van der Waals surface area (Å²) in [5.41, 5.74) is 9.65. The number of halogens is 2. The van der Waals surface area contributed by atoms with Crippen LogP contribution in [0.3, 0.4) is 0 Å². The smallest absolute Gasteiger partial charge is 1.00 e. The summed E-state index contributed by atoms with van der Waals surface area (Å²) in [5, 5.41) is 0. The van der Waals surface area contributed by atoms with Crippen LogP contribution in [0.4, 0.5) is 0 Å². The van der Waals surface area contributed by atoms with Crippen LogP contribution in [-0.2, 0) is 24.7 Å². The zero-order chi connectivity index (χ0) is 18.4. The van der Waals surface area contributed by atoms with Crippen molar-refractivity contribution in [2.45, 2.75) is 60.4 Å². The van der Waals surface area contributed by atoms with Gasteiger partial charge >= 0.3 is 179 Å². The molecule has 3 atom stereocenters. The molecule has 3 unspecified atom stereocenters. The van der Waals surface area contributed by atoms with E-state index in [0.29, 0.717) is 15.0 Å². The molecule has 0 saturated heterocycles. The van der Waals surface area contributed by atoms with Gasteiger partial charge in [0.05, 0.1) is 0 Å². The number of fused-ring (bicyclic) bond motifs is 3. The summed E-state index contributed by atoms with van der Waals surface area (Å²) in [6.07, 6.45) is 12.8. The molecule has 0 bridgehead atoms. The Labute approximate surface area is 202 Å². The topological polar surface area (TPSA) is 0 Å².